The van der Waals surface area contributed by atoms with Gasteiger partial charge in [-0.3, -0.25) is 9.89 Å². The number of nitrogens with zero attached hydrogens (tertiary/aromatic N) is 2. The van der Waals surface area contributed by atoms with Gasteiger partial charge in [0.2, 0.25) is 0 Å². The van der Waals surface area contributed by atoms with E-state index in [1.807, 2.05) is 18.7 Å². The summed E-state index contributed by atoms with van der Waals surface area (Å²) < 4.78 is 0. The third kappa shape index (κ3) is 1.82. The number of aryl methyl sites for hydroxylation is 2. The Labute approximate surface area is 95.0 Å². The maximum Gasteiger partial charge on any atom is 0.257 e. The number of hydrogen-bond donors (Lipinski definition) is 2. The van der Waals surface area contributed by atoms with Gasteiger partial charge in [0.1, 0.15) is 0 Å². The zero-order chi connectivity index (χ0) is 11.7. The fourth-order valence-electron chi connectivity index (χ4n) is 2.23. The van der Waals surface area contributed by atoms with Crippen molar-refractivity contribution in [2.45, 2.75) is 20.3 Å². The number of carbonyl (C=O) groups excluding carboxylic acids is 1. The second kappa shape index (κ2) is 4.25. The summed E-state index contributed by atoms with van der Waals surface area (Å²) in [6.45, 7) is 5.98. The van der Waals surface area contributed by atoms with Gasteiger partial charge < -0.3 is 10.6 Å². The van der Waals surface area contributed by atoms with Crippen molar-refractivity contribution in [3.05, 3.63) is 17.0 Å². The summed E-state index contributed by atoms with van der Waals surface area (Å²) in [7, 11) is 0. The molecule has 16 heavy (non-hydrogen) atoms. The molecule has 0 saturated carbocycles. The standard InChI is InChI=1S/C11H18N4O/c1-7-10(8(2)14-13-7)11(16)15-4-3-9(5-12)6-15/h9H,3-6,12H2,1-2H3,(H,13,14). The van der Waals surface area contributed by atoms with E-state index in [-0.39, 0.29) is 5.91 Å². The van der Waals surface area contributed by atoms with Crippen LogP contribution in [0.2, 0.25) is 0 Å². The number of H-pyrrole nitrogens is 1. The van der Waals surface area contributed by atoms with Gasteiger partial charge in [-0.15, -0.1) is 0 Å². The zero-order valence-electron chi connectivity index (χ0n) is 9.79. The number of carbonyl (C=O) groups is 1. The van der Waals surface area contributed by atoms with Gasteiger partial charge in [0.05, 0.1) is 11.3 Å². The Hall–Kier alpha value is -1.36. The van der Waals surface area contributed by atoms with Gasteiger partial charge in [-0.05, 0) is 32.7 Å². The van der Waals surface area contributed by atoms with E-state index in [0.29, 0.717) is 12.5 Å². The molecule has 0 aromatic carbocycles. The van der Waals surface area contributed by atoms with Crippen LogP contribution in [0.1, 0.15) is 28.2 Å². The first-order chi connectivity index (χ1) is 7.63. The van der Waals surface area contributed by atoms with Crippen molar-refractivity contribution in [2.24, 2.45) is 11.7 Å². The minimum Gasteiger partial charge on any atom is -0.338 e. The van der Waals surface area contributed by atoms with Crippen LogP contribution in [-0.4, -0.2) is 40.6 Å². The predicted octanol–water partition coefficient (Wildman–Crippen LogP) is 0.447. The Kier molecular flexibility index (Phi) is 2.96. The molecule has 2 heterocycles. The molecule has 1 amide bonds. The first-order valence-corrected chi connectivity index (χ1v) is 5.64. The highest BCUT2D eigenvalue weighted by Crippen LogP contribution is 2.20. The number of nitrogens with two attached hydrogens (primary N) is 1. The molecule has 3 N–H and O–H groups in total. The number of nitrogens with one attached hydrogen (secondary N) is 1. The molecule has 88 valence electrons. The molecule has 1 saturated heterocycles. The van der Waals surface area contributed by atoms with E-state index in [1.54, 1.807) is 0 Å². The molecule has 1 unspecified atom stereocenters. The minimum absolute atomic E-state index is 0.0831. The number of aromatic nitrogens is 2. The van der Waals surface area contributed by atoms with Crippen molar-refractivity contribution in [3.8, 4) is 0 Å². The van der Waals surface area contributed by atoms with Crippen molar-refractivity contribution in [2.75, 3.05) is 19.6 Å². The van der Waals surface area contributed by atoms with Gasteiger partial charge in [-0.2, -0.15) is 5.10 Å². The molecule has 1 aromatic rings. The fraction of sp³-hybridized carbons (Fsp3) is 0.636. The molecular formula is C11H18N4O. The average Bonchev–Trinajstić information content (AvgIpc) is 2.85. The molecule has 1 aliphatic heterocycles. The van der Waals surface area contributed by atoms with E-state index < -0.39 is 0 Å². The maximum absolute atomic E-state index is 12.2. The SMILES string of the molecule is Cc1n[nH]c(C)c1C(=O)N1CCC(CN)C1. The minimum atomic E-state index is 0.0831. The van der Waals surface area contributed by atoms with Crippen LogP contribution in [0.15, 0.2) is 0 Å². The summed E-state index contributed by atoms with van der Waals surface area (Å²) in [6, 6.07) is 0. The summed E-state index contributed by atoms with van der Waals surface area (Å²) in [6.07, 6.45) is 1.01. The van der Waals surface area contributed by atoms with E-state index in [4.69, 9.17) is 5.73 Å². The number of amides is 1. The predicted molar refractivity (Wildman–Crippen MR) is 61.1 cm³/mol. The van der Waals surface area contributed by atoms with Gasteiger partial charge in [0.25, 0.3) is 5.91 Å². The Morgan fingerprint density at radius 1 is 1.62 bits per heavy atom. The third-order valence-corrected chi connectivity index (χ3v) is 3.25. The molecule has 1 aromatic heterocycles. The largest absolute Gasteiger partial charge is 0.338 e. The molecule has 0 aliphatic carbocycles. The Morgan fingerprint density at radius 2 is 2.38 bits per heavy atom. The van der Waals surface area contributed by atoms with Crippen LogP contribution in [0.4, 0.5) is 0 Å². The van der Waals surface area contributed by atoms with Gasteiger partial charge in [0.15, 0.2) is 0 Å². The van der Waals surface area contributed by atoms with E-state index in [0.717, 1.165) is 36.5 Å². The summed E-state index contributed by atoms with van der Waals surface area (Å²) in [4.78, 5) is 14.1. The number of rotatable bonds is 2. The topological polar surface area (TPSA) is 75.0 Å². The van der Waals surface area contributed by atoms with Crippen LogP contribution in [0.25, 0.3) is 0 Å². The lowest BCUT2D eigenvalue weighted by Gasteiger charge is -2.16. The van der Waals surface area contributed by atoms with Crippen LogP contribution in [-0.2, 0) is 0 Å². The molecule has 1 aliphatic rings. The number of likely N-dealkylation sites (tertiary alicyclic amines) is 1. The molecule has 1 atom stereocenters. The normalized spacial score (nSPS) is 20.4. The van der Waals surface area contributed by atoms with E-state index in [1.165, 1.54) is 0 Å². The molecule has 0 bridgehead atoms. The molecule has 0 spiro atoms. The first kappa shape index (κ1) is 11.1. The van der Waals surface area contributed by atoms with Crippen LogP contribution >= 0.6 is 0 Å². The van der Waals surface area contributed by atoms with Gasteiger partial charge in [-0.25, -0.2) is 0 Å². The van der Waals surface area contributed by atoms with Crippen molar-refractivity contribution < 1.29 is 4.79 Å². The molecule has 5 nitrogen and oxygen atoms in total. The van der Waals surface area contributed by atoms with Gasteiger partial charge in [0, 0.05) is 18.8 Å². The van der Waals surface area contributed by atoms with Crippen molar-refractivity contribution in [3.63, 3.8) is 0 Å². The Balaban J connectivity index is 2.15. The summed E-state index contributed by atoms with van der Waals surface area (Å²) >= 11 is 0. The van der Waals surface area contributed by atoms with Gasteiger partial charge in [-0.1, -0.05) is 0 Å². The highest BCUT2D eigenvalue weighted by molar-refractivity contribution is 5.96. The number of aromatic amines is 1. The third-order valence-electron chi connectivity index (χ3n) is 3.25. The lowest BCUT2D eigenvalue weighted by Crippen LogP contribution is -2.30. The lowest BCUT2D eigenvalue weighted by atomic mass is 10.1. The summed E-state index contributed by atoms with van der Waals surface area (Å²) in [5.41, 5.74) is 7.96. The smallest absolute Gasteiger partial charge is 0.257 e. The van der Waals surface area contributed by atoms with Crippen molar-refractivity contribution in [1.82, 2.24) is 15.1 Å². The Bertz CT molecular complexity index is 379. The maximum atomic E-state index is 12.2. The van der Waals surface area contributed by atoms with Crippen LogP contribution < -0.4 is 5.73 Å². The molecule has 0 radical (unpaired) electrons. The molecule has 5 heteroatoms. The average molecular weight is 222 g/mol. The van der Waals surface area contributed by atoms with Crippen molar-refractivity contribution >= 4 is 5.91 Å². The highest BCUT2D eigenvalue weighted by atomic mass is 16.2. The first-order valence-electron chi connectivity index (χ1n) is 5.64. The van der Waals surface area contributed by atoms with E-state index in [2.05, 4.69) is 10.2 Å². The van der Waals surface area contributed by atoms with Crippen LogP contribution in [0, 0.1) is 19.8 Å². The quantitative estimate of drug-likeness (QED) is 0.762. The van der Waals surface area contributed by atoms with E-state index in [9.17, 15) is 4.79 Å². The number of hydrogen-bond acceptors (Lipinski definition) is 3. The Morgan fingerprint density at radius 3 is 2.88 bits per heavy atom. The molecule has 2 rings (SSSR count). The summed E-state index contributed by atoms with van der Waals surface area (Å²) in [5, 5.41) is 6.89. The lowest BCUT2D eigenvalue weighted by molar-refractivity contribution is 0.0786. The fourth-order valence-corrected chi connectivity index (χ4v) is 2.23. The van der Waals surface area contributed by atoms with E-state index >= 15 is 0 Å². The second-order valence-corrected chi connectivity index (χ2v) is 4.45. The van der Waals surface area contributed by atoms with Crippen molar-refractivity contribution in [1.29, 1.82) is 0 Å². The second-order valence-electron chi connectivity index (χ2n) is 4.45. The highest BCUT2D eigenvalue weighted by Gasteiger charge is 2.28. The van der Waals surface area contributed by atoms with Gasteiger partial charge >= 0.3 is 0 Å². The molecular weight excluding hydrogens is 204 g/mol. The summed E-state index contributed by atoms with van der Waals surface area (Å²) in [5.74, 6) is 0.538. The van der Waals surface area contributed by atoms with Crippen LogP contribution in [0.3, 0.4) is 0 Å². The molecule has 1 fully saturated rings. The monoisotopic (exact) mass is 222 g/mol. The zero-order valence-corrected chi connectivity index (χ0v) is 9.79. The van der Waals surface area contributed by atoms with Crippen LogP contribution in [0.5, 0.6) is 0 Å².